The molecule has 1 rings (SSSR count). The van der Waals surface area contributed by atoms with Crippen LogP contribution in [0, 0.1) is 0 Å². The van der Waals surface area contributed by atoms with Crippen LogP contribution in [0.5, 0.6) is 0 Å². The zero-order chi connectivity index (χ0) is 13.8. The molecular formula is C13H28N4O. The maximum absolute atomic E-state index is 11.1. The Hall–Kier alpha value is -0.650. The first-order chi connectivity index (χ1) is 8.33. The van der Waals surface area contributed by atoms with Gasteiger partial charge in [0.15, 0.2) is 0 Å². The lowest BCUT2D eigenvalue weighted by molar-refractivity contribution is -0.122. The van der Waals surface area contributed by atoms with E-state index in [1.54, 1.807) is 6.92 Å². The van der Waals surface area contributed by atoms with E-state index in [1.165, 1.54) is 0 Å². The van der Waals surface area contributed by atoms with Crippen molar-refractivity contribution in [3.05, 3.63) is 0 Å². The van der Waals surface area contributed by atoms with Crippen molar-refractivity contribution in [1.82, 2.24) is 9.80 Å². The Morgan fingerprint density at radius 1 is 1.39 bits per heavy atom. The quantitative estimate of drug-likeness (QED) is 0.656. The van der Waals surface area contributed by atoms with Crippen molar-refractivity contribution in [2.75, 3.05) is 33.2 Å². The first kappa shape index (κ1) is 15.4. The number of unbranched alkanes of at least 4 members (excludes halogenated alkanes) is 1. The van der Waals surface area contributed by atoms with Gasteiger partial charge in [-0.25, -0.2) is 0 Å². The lowest BCUT2D eigenvalue weighted by Gasteiger charge is -2.38. The highest BCUT2D eigenvalue weighted by atomic mass is 16.1. The minimum absolute atomic E-state index is 0.407. The van der Waals surface area contributed by atoms with E-state index >= 15 is 0 Å². The maximum atomic E-state index is 11.1. The molecule has 5 heteroatoms. The average molecular weight is 256 g/mol. The third-order valence-electron chi connectivity index (χ3n) is 3.92. The van der Waals surface area contributed by atoms with Gasteiger partial charge in [0.1, 0.15) is 0 Å². The number of amides is 1. The molecule has 5 nitrogen and oxygen atoms in total. The highest BCUT2D eigenvalue weighted by Gasteiger charge is 2.25. The molecule has 0 aromatic heterocycles. The first-order valence-corrected chi connectivity index (χ1v) is 6.84. The summed E-state index contributed by atoms with van der Waals surface area (Å²) in [5, 5.41) is 0. The molecule has 1 saturated heterocycles. The van der Waals surface area contributed by atoms with Gasteiger partial charge in [0.25, 0.3) is 0 Å². The van der Waals surface area contributed by atoms with Crippen molar-refractivity contribution in [3.8, 4) is 0 Å². The topological polar surface area (TPSA) is 75.6 Å². The number of primary amides is 1. The summed E-state index contributed by atoms with van der Waals surface area (Å²) < 4.78 is 0. The first-order valence-electron chi connectivity index (χ1n) is 6.84. The maximum Gasteiger partial charge on any atom is 0.237 e. The van der Waals surface area contributed by atoms with Crippen LogP contribution in [0.2, 0.25) is 0 Å². The summed E-state index contributed by atoms with van der Waals surface area (Å²) >= 11 is 0. The molecule has 1 aliphatic rings. The van der Waals surface area contributed by atoms with Crippen LogP contribution >= 0.6 is 0 Å². The SMILES string of the molecule is CC1CN(C)CCN1CCCCC(C)(N)C(N)=O. The second-order valence-electron chi connectivity index (χ2n) is 5.89. The fraction of sp³-hybridized carbons (Fsp3) is 0.923. The molecule has 1 heterocycles. The molecule has 1 amide bonds. The number of nitrogens with zero attached hydrogens (tertiary/aromatic N) is 2. The second-order valence-corrected chi connectivity index (χ2v) is 5.89. The van der Waals surface area contributed by atoms with Gasteiger partial charge >= 0.3 is 0 Å². The summed E-state index contributed by atoms with van der Waals surface area (Å²) in [5.74, 6) is -0.407. The molecule has 0 spiro atoms. The van der Waals surface area contributed by atoms with E-state index < -0.39 is 11.4 Å². The van der Waals surface area contributed by atoms with E-state index in [1.807, 2.05) is 0 Å². The van der Waals surface area contributed by atoms with Crippen LogP contribution in [-0.2, 0) is 4.79 Å². The Balaban J connectivity index is 2.20. The largest absolute Gasteiger partial charge is 0.368 e. The zero-order valence-corrected chi connectivity index (χ0v) is 12.0. The number of carbonyl (C=O) groups excluding carboxylic acids is 1. The zero-order valence-electron chi connectivity index (χ0n) is 12.0. The minimum atomic E-state index is -0.853. The van der Waals surface area contributed by atoms with Gasteiger partial charge < -0.3 is 16.4 Å². The molecule has 0 aromatic rings. The molecule has 1 aliphatic heterocycles. The summed E-state index contributed by atoms with van der Waals surface area (Å²) in [6, 6.07) is 0.615. The van der Waals surface area contributed by atoms with Crippen molar-refractivity contribution in [2.24, 2.45) is 11.5 Å². The standard InChI is InChI=1S/C13H28N4O/c1-11-10-16(3)8-9-17(11)7-5-4-6-13(2,15)12(14)18/h11H,4-10,15H2,1-3H3,(H2,14,18). The molecule has 4 N–H and O–H groups in total. The van der Waals surface area contributed by atoms with Crippen LogP contribution in [0.25, 0.3) is 0 Å². The van der Waals surface area contributed by atoms with Gasteiger partial charge in [-0.05, 0) is 46.7 Å². The van der Waals surface area contributed by atoms with Gasteiger partial charge in [0.05, 0.1) is 5.54 Å². The summed E-state index contributed by atoms with van der Waals surface area (Å²) in [6.07, 6.45) is 2.70. The van der Waals surface area contributed by atoms with Crippen LogP contribution in [0.4, 0.5) is 0 Å². The van der Waals surface area contributed by atoms with Crippen LogP contribution in [0.15, 0.2) is 0 Å². The predicted molar refractivity (Wildman–Crippen MR) is 74.2 cm³/mol. The third kappa shape index (κ3) is 4.55. The molecule has 1 fully saturated rings. The molecule has 2 atom stereocenters. The molecule has 2 unspecified atom stereocenters. The number of piperazine rings is 1. The third-order valence-corrected chi connectivity index (χ3v) is 3.92. The Morgan fingerprint density at radius 3 is 2.61 bits per heavy atom. The van der Waals surface area contributed by atoms with E-state index in [0.717, 1.165) is 39.0 Å². The van der Waals surface area contributed by atoms with Crippen LogP contribution < -0.4 is 11.5 Å². The van der Waals surface area contributed by atoms with E-state index in [4.69, 9.17) is 11.5 Å². The Labute approximate surface area is 110 Å². The van der Waals surface area contributed by atoms with Crippen molar-refractivity contribution < 1.29 is 4.79 Å². The van der Waals surface area contributed by atoms with Crippen LogP contribution in [0.1, 0.15) is 33.1 Å². The van der Waals surface area contributed by atoms with Gasteiger partial charge in [-0.1, -0.05) is 0 Å². The molecule has 0 saturated carbocycles. The number of likely N-dealkylation sites (N-methyl/N-ethyl adjacent to an activating group) is 1. The lowest BCUT2D eigenvalue weighted by atomic mass is 9.95. The summed E-state index contributed by atoms with van der Waals surface area (Å²) in [6.45, 7) is 8.48. The Bertz CT molecular complexity index is 280. The van der Waals surface area contributed by atoms with Gasteiger partial charge in [-0.2, -0.15) is 0 Å². The van der Waals surface area contributed by atoms with Gasteiger partial charge in [0, 0.05) is 25.7 Å². The monoisotopic (exact) mass is 256 g/mol. The van der Waals surface area contributed by atoms with Crippen molar-refractivity contribution >= 4 is 5.91 Å². The molecule has 106 valence electrons. The Kier molecular flexibility index (Phi) is 5.56. The predicted octanol–water partition coefficient (Wildman–Crippen LogP) is -0.00470. The summed E-state index contributed by atoms with van der Waals surface area (Å²) in [4.78, 5) is 16.0. The molecule has 0 aromatic carbocycles. The summed E-state index contributed by atoms with van der Waals surface area (Å²) in [5.41, 5.74) is 10.2. The highest BCUT2D eigenvalue weighted by Crippen LogP contribution is 2.13. The van der Waals surface area contributed by atoms with Gasteiger partial charge in [-0.3, -0.25) is 9.69 Å². The number of rotatable bonds is 6. The molecule has 18 heavy (non-hydrogen) atoms. The Morgan fingerprint density at radius 2 is 2.06 bits per heavy atom. The average Bonchev–Trinajstić information content (AvgIpc) is 2.26. The van der Waals surface area contributed by atoms with Crippen LogP contribution in [0.3, 0.4) is 0 Å². The molecule has 0 bridgehead atoms. The number of hydrogen-bond acceptors (Lipinski definition) is 4. The van der Waals surface area contributed by atoms with Gasteiger partial charge in [0.2, 0.25) is 5.91 Å². The van der Waals surface area contributed by atoms with Gasteiger partial charge in [-0.15, -0.1) is 0 Å². The molecule has 0 aliphatic carbocycles. The van der Waals surface area contributed by atoms with E-state index in [-0.39, 0.29) is 0 Å². The fourth-order valence-electron chi connectivity index (χ4n) is 2.44. The smallest absolute Gasteiger partial charge is 0.237 e. The fourth-order valence-corrected chi connectivity index (χ4v) is 2.44. The van der Waals surface area contributed by atoms with Crippen molar-refractivity contribution in [1.29, 1.82) is 0 Å². The molecule has 0 radical (unpaired) electrons. The second kappa shape index (κ2) is 6.50. The van der Waals surface area contributed by atoms with E-state index in [9.17, 15) is 4.79 Å². The lowest BCUT2D eigenvalue weighted by Crippen LogP contribution is -2.51. The van der Waals surface area contributed by atoms with E-state index in [0.29, 0.717) is 12.5 Å². The highest BCUT2D eigenvalue weighted by molar-refractivity contribution is 5.83. The normalized spacial score (nSPS) is 25.9. The number of carbonyl (C=O) groups is 1. The number of hydrogen-bond donors (Lipinski definition) is 2. The van der Waals surface area contributed by atoms with E-state index in [2.05, 4.69) is 23.8 Å². The number of nitrogens with two attached hydrogens (primary N) is 2. The summed E-state index contributed by atoms with van der Waals surface area (Å²) in [7, 11) is 2.17. The van der Waals surface area contributed by atoms with Crippen LogP contribution in [-0.4, -0.2) is 60.5 Å². The molecular weight excluding hydrogens is 228 g/mol. The minimum Gasteiger partial charge on any atom is -0.368 e. The van der Waals surface area contributed by atoms with Crippen molar-refractivity contribution in [3.63, 3.8) is 0 Å². The van der Waals surface area contributed by atoms with Crippen molar-refractivity contribution in [2.45, 2.75) is 44.7 Å².